The lowest BCUT2D eigenvalue weighted by Crippen LogP contribution is -2.31. The standard InChI is InChI=1S/C48H39N3O3/c1-49(43-25-19-37(20-26-43)34-13-7-4-8-14-34)46(52)40-31-41(47(53)50(2)44-27-21-38(22-28-44)35-15-9-5-10-16-35)33-42(32-40)48(54)51(3)45-29-23-39(24-30-45)36-17-11-6-12-18-36/h4-33H,1-3H3. The van der Waals surface area contributed by atoms with Gasteiger partial charge in [0.25, 0.3) is 17.7 Å². The van der Waals surface area contributed by atoms with Gasteiger partial charge in [0.1, 0.15) is 0 Å². The number of benzene rings is 7. The molecule has 7 rings (SSSR count). The van der Waals surface area contributed by atoms with Crippen LogP contribution in [-0.4, -0.2) is 38.9 Å². The lowest BCUT2D eigenvalue weighted by atomic mass is 10.0. The molecule has 0 aromatic heterocycles. The Hall–Kier alpha value is -7.05. The topological polar surface area (TPSA) is 60.9 Å². The van der Waals surface area contributed by atoms with E-state index in [9.17, 15) is 14.4 Å². The van der Waals surface area contributed by atoms with Crippen LogP contribution in [0.25, 0.3) is 33.4 Å². The fraction of sp³-hybridized carbons (Fsp3) is 0.0625. The van der Waals surface area contributed by atoms with Gasteiger partial charge in [-0.15, -0.1) is 0 Å². The molecule has 0 saturated carbocycles. The van der Waals surface area contributed by atoms with Gasteiger partial charge < -0.3 is 14.7 Å². The molecule has 0 atom stereocenters. The van der Waals surface area contributed by atoms with E-state index in [1.165, 1.54) is 14.7 Å². The van der Waals surface area contributed by atoms with E-state index in [1.807, 2.05) is 164 Å². The Morgan fingerprint density at radius 3 is 0.722 bits per heavy atom. The average molecular weight is 706 g/mol. The highest BCUT2D eigenvalue weighted by Gasteiger charge is 2.24. The van der Waals surface area contributed by atoms with E-state index in [0.29, 0.717) is 17.1 Å². The number of carbonyl (C=O) groups is 3. The summed E-state index contributed by atoms with van der Waals surface area (Å²) >= 11 is 0. The number of amides is 3. The smallest absolute Gasteiger partial charge is 0.258 e. The van der Waals surface area contributed by atoms with Crippen LogP contribution in [0.2, 0.25) is 0 Å². The highest BCUT2D eigenvalue weighted by Crippen LogP contribution is 2.28. The first kappa shape index (κ1) is 35.4. The molecule has 0 spiro atoms. The minimum atomic E-state index is -0.351. The number of hydrogen-bond acceptors (Lipinski definition) is 3. The van der Waals surface area contributed by atoms with E-state index < -0.39 is 0 Å². The van der Waals surface area contributed by atoms with E-state index in [4.69, 9.17) is 0 Å². The Morgan fingerprint density at radius 1 is 0.296 bits per heavy atom. The summed E-state index contributed by atoms with van der Waals surface area (Å²) in [5.74, 6) is -1.05. The van der Waals surface area contributed by atoms with E-state index in [1.54, 1.807) is 39.3 Å². The quantitative estimate of drug-likeness (QED) is 0.150. The van der Waals surface area contributed by atoms with Crippen LogP contribution in [0.5, 0.6) is 0 Å². The van der Waals surface area contributed by atoms with Crippen LogP contribution in [0.1, 0.15) is 31.1 Å². The summed E-state index contributed by atoms with van der Waals surface area (Å²) in [6.07, 6.45) is 0. The highest BCUT2D eigenvalue weighted by molar-refractivity contribution is 6.14. The summed E-state index contributed by atoms with van der Waals surface area (Å²) in [4.78, 5) is 47.0. The number of anilines is 3. The maximum atomic E-state index is 14.1. The molecule has 0 radical (unpaired) electrons. The van der Waals surface area contributed by atoms with E-state index in [0.717, 1.165) is 33.4 Å². The highest BCUT2D eigenvalue weighted by atomic mass is 16.2. The average Bonchev–Trinajstić information content (AvgIpc) is 3.25. The zero-order valence-corrected chi connectivity index (χ0v) is 30.4. The monoisotopic (exact) mass is 705 g/mol. The van der Waals surface area contributed by atoms with E-state index in [-0.39, 0.29) is 34.4 Å². The molecule has 7 aromatic carbocycles. The summed E-state index contributed by atoms with van der Waals surface area (Å²) in [5.41, 5.74) is 9.00. The molecule has 54 heavy (non-hydrogen) atoms. The summed E-state index contributed by atoms with van der Waals surface area (Å²) in [7, 11) is 5.07. The number of rotatable bonds is 9. The van der Waals surface area contributed by atoms with Gasteiger partial charge >= 0.3 is 0 Å². The molecule has 7 aromatic rings. The third-order valence-corrected chi connectivity index (χ3v) is 9.67. The van der Waals surface area contributed by atoms with Crippen LogP contribution in [0, 0.1) is 0 Å². The Kier molecular flexibility index (Phi) is 10.3. The van der Waals surface area contributed by atoms with Gasteiger partial charge in [0.2, 0.25) is 0 Å². The Bertz CT molecular complexity index is 2110. The number of carbonyl (C=O) groups excluding carboxylic acids is 3. The maximum Gasteiger partial charge on any atom is 0.258 e. The predicted octanol–water partition coefficient (Wildman–Crippen LogP) is 10.5. The van der Waals surface area contributed by atoms with Crippen molar-refractivity contribution in [3.63, 3.8) is 0 Å². The molecule has 0 aliphatic heterocycles. The molecule has 0 N–H and O–H groups in total. The molecule has 0 unspecified atom stereocenters. The van der Waals surface area contributed by atoms with Gasteiger partial charge in [0.05, 0.1) is 0 Å². The van der Waals surface area contributed by atoms with Crippen molar-refractivity contribution in [3.8, 4) is 33.4 Å². The zero-order valence-electron chi connectivity index (χ0n) is 30.4. The second-order valence-electron chi connectivity index (χ2n) is 13.1. The normalized spacial score (nSPS) is 10.7. The molecule has 3 amide bonds. The predicted molar refractivity (Wildman–Crippen MR) is 220 cm³/mol. The minimum Gasteiger partial charge on any atom is -0.311 e. The van der Waals surface area contributed by atoms with Crippen molar-refractivity contribution in [2.45, 2.75) is 0 Å². The van der Waals surface area contributed by atoms with Crippen molar-refractivity contribution in [1.82, 2.24) is 0 Å². The van der Waals surface area contributed by atoms with Gasteiger partial charge in [-0.1, -0.05) is 127 Å². The molecule has 0 saturated heterocycles. The number of nitrogens with zero attached hydrogens (tertiary/aromatic N) is 3. The first-order valence-electron chi connectivity index (χ1n) is 17.7. The number of hydrogen-bond donors (Lipinski definition) is 0. The van der Waals surface area contributed by atoms with Crippen molar-refractivity contribution >= 4 is 34.8 Å². The minimum absolute atomic E-state index is 0.222. The second kappa shape index (κ2) is 15.7. The third-order valence-electron chi connectivity index (χ3n) is 9.67. The Labute approximate surface area is 316 Å². The first-order valence-corrected chi connectivity index (χ1v) is 17.7. The molecular weight excluding hydrogens is 667 g/mol. The largest absolute Gasteiger partial charge is 0.311 e. The Morgan fingerprint density at radius 2 is 0.500 bits per heavy atom. The van der Waals surface area contributed by atoms with Crippen molar-refractivity contribution in [3.05, 3.63) is 199 Å². The molecular formula is C48H39N3O3. The molecule has 264 valence electrons. The first-order chi connectivity index (χ1) is 26.3. The van der Waals surface area contributed by atoms with E-state index in [2.05, 4.69) is 0 Å². The summed E-state index contributed by atoms with van der Waals surface area (Å²) in [6.45, 7) is 0. The van der Waals surface area contributed by atoms with Gasteiger partial charge in [-0.2, -0.15) is 0 Å². The molecule has 6 heteroatoms. The zero-order chi connectivity index (χ0) is 37.6. The molecule has 0 fully saturated rings. The van der Waals surface area contributed by atoms with Gasteiger partial charge in [0.15, 0.2) is 0 Å². The van der Waals surface area contributed by atoms with Crippen LogP contribution in [0.3, 0.4) is 0 Å². The third kappa shape index (κ3) is 7.59. The lowest BCUT2D eigenvalue weighted by molar-refractivity contribution is 0.0992. The van der Waals surface area contributed by atoms with Crippen molar-refractivity contribution in [1.29, 1.82) is 0 Å². The van der Waals surface area contributed by atoms with Gasteiger partial charge in [0, 0.05) is 54.9 Å². The van der Waals surface area contributed by atoms with Crippen molar-refractivity contribution < 1.29 is 14.4 Å². The van der Waals surface area contributed by atoms with Crippen molar-refractivity contribution in [2.75, 3.05) is 35.8 Å². The van der Waals surface area contributed by atoms with E-state index >= 15 is 0 Å². The molecule has 0 aliphatic rings. The second-order valence-corrected chi connectivity index (χ2v) is 13.1. The maximum absolute atomic E-state index is 14.1. The summed E-state index contributed by atoms with van der Waals surface area (Å²) in [6, 6.07) is 57.9. The fourth-order valence-electron chi connectivity index (χ4n) is 6.45. The SMILES string of the molecule is CN(C(=O)c1cc(C(=O)N(C)c2ccc(-c3ccccc3)cc2)cc(C(=O)N(C)c2ccc(-c3ccccc3)cc2)c1)c1ccc(-c2ccccc2)cc1. The van der Waals surface area contributed by atoms with Gasteiger partial charge in [-0.25, -0.2) is 0 Å². The molecule has 0 heterocycles. The van der Waals surface area contributed by atoms with Crippen LogP contribution >= 0.6 is 0 Å². The van der Waals surface area contributed by atoms with Gasteiger partial charge in [-0.05, 0) is 88.0 Å². The molecule has 0 aliphatic carbocycles. The fourth-order valence-corrected chi connectivity index (χ4v) is 6.45. The van der Waals surface area contributed by atoms with Crippen LogP contribution in [0.15, 0.2) is 182 Å². The molecule has 0 bridgehead atoms. The van der Waals surface area contributed by atoms with Crippen LogP contribution < -0.4 is 14.7 Å². The summed E-state index contributed by atoms with van der Waals surface area (Å²) in [5, 5.41) is 0. The van der Waals surface area contributed by atoms with Crippen LogP contribution in [-0.2, 0) is 0 Å². The Balaban J connectivity index is 1.20. The lowest BCUT2D eigenvalue weighted by Gasteiger charge is -2.22. The van der Waals surface area contributed by atoms with Crippen molar-refractivity contribution in [2.24, 2.45) is 0 Å². The molecule has 6 nitrogen and oxygen atoms in total. The van der Waals surface area contributed by atoms with Crippen LogP contribution in [0.4, 0.5) is 17.1 Å². The van der Waals surface area contributed by atoms with Gasteiger partial charge in [-0.3, -0.25) is 14.4 Å². The summed E-state index contributed by atoms with van der Waals surface area (Å²) < 4.78 is 0.